The van der Waals surface area contributed by atoms with Gasteiger partial charge < -0.3 is 4.74 Å². The van der Waals surface area contributed by atoms with Crippen molar-refractivity contribution >= 4 is 40.8 Å². The van der Waals surface area contributed by atoms with Crippen molar-refractivity contribution in [3.8, 4) is 11.4 Å². The van der Waals surface area contributed by atoms with Gasteiger partial charge in [0.25, 0.3) is 5.56 Å². The van der Waals surface area contributed by atoms with Crippen molar-refractivity contribution in [3.05, 3.63) is 67.3 Å². The summed E-state index contributed by atoms with van der Waals surface area (Å²) in [6.07, 6.45) is -3.76. The Morgan fingerprint density at radius 2 is 1.67 bits per heavy atom. The summed E-state index contributed by atoms with van der Waals surface area (Å²) in [6.45, 7) is 1.30. The fraction of sp³-hybridized carbons (Fsp3) is 0.176. The molecule has 0 aliphatic heterocycles. The van der Waals surface area contributed by atoms with E-state index in [2.05, 4.69) is 14.9 Å². The molecule has 3 aromatic rings. The highest BCUT2D eigenvalue weighted by Crippen LogP contribution is 2.36. The topological polar surface area (TPSA) is 79.0 Å². The molecule has 30 heavy (non-hydrogen) atoms. The second-order valence-electron chi connectivity index (χ2n) is 5.68. The predicted octanol–water partition coefficient (Wildman–Crippen LogP) is 4.57. The van der Waals surface area contributed by atoms with E-state index in [9.17, 15) is 22.8 Å². The summed E-state index contributed by atoms with van der Waals surface area (Å²) in [6, 6.07) is 5.42. The molecule has 0 aliphatic rings. The van der Waals surface area contributed by atoms with Crippen LogP contribution in [0.15, 0.2) is 35.3 Å². The van der Waals surface area contributed by atoms with Crippen LogP contribution in [0.2, 0.25) is 15.2 Å². The molecule has 0 unspecified atom stereocenters. The molecule has 0 spiro atoms. The molecule has 2 aromatic heterocycles. The van der Waals surface area contributed by atoms with Gasteiger partial charge in [-0.2, -0.15) is 28.1 Å². The van der Waals surface area contributed by atoms with Gasteiger partial charge >= 0.3 is 12.1 Å². The van der Waals surface area contributed by atoms with Crippen molar-refractivity contribution in [1.82, 2.24) is 19.6 Å². The Bertz CT molecular complexity index is 1170. The van der Waals surface area contributed by atoms with Gasteiger partial charge in [-0.05, 0) is 31.2 Å². The number of carbonyl (C=O) groups excluding carboxylic acids is 1. The van der Waals surface area contributed by atoms with Crippen LogP contribution in [-0.2, 0) is 10.9 Å². The number of alkyl halides is 3. The average Bonchev–Trinajstić information content (AvgIpc) is 3.04. The van der Waals surface area contributed by atoms with Crippen LogP contribution in [0, 0.1) is 0 Å². The molecule has 7 nitrogen and oxygen atoms in total. The third-order valence-corrected chi connectivity index (χ3v) is 4.89. The highest BCUT2D eigenvalue weighted by molar-refractivity contribution is 6.41. The monoisotopic (exact) mass is 480 g/mol. The SMILES string of the molecule is CCOC(=O)c1c(C(F)(F)F)nn(-c2ccc(-n3ncc(Cl)c(Cl)c3=O)cc2)c1Cl. The van der Waals surface area contributed by atoms with E-state index in [1.54, 1.807) is 0 Å². The number of nitrogens with zero attached hydrogens (tertiary/aromatic N) is 4. The molecule has 0 saturated heterocycles. The number of esters is 1. The molecule has 0 atom stereocenters. The minimum atomic E-state index is -4.94. The Morgan fingerprint density at radius 1 is 1.10 bits per heavy atom. The van der Waals surface area contributed by atoms with Crippen LogP contribution in [0.25, 0.3) is 11.4 Å². The Balaban J connectivity index is 2.08. The minimum absolute atomic E-state index is 0.0240. The fourth-order valence-electron chi connectivity index (χ4n) is 2.48. The number of hydrogen-bond donors (Lipinski definition) is 0. The zero-order chi connectivity index (χ0) is 22.2. The van der Waals surface area contributed by atoms with Crippen LogP contribution in [0.3, 0.4) is 0 Å². The van der Waals surface area contributed by atoms with Crippen molar-refractivity contribution in [2.75, 3.05) is 6.61 Å². The largest absolute Gasteiger partial charge is 0.462 e. The summed E-state index contributed by atoms with van der Waals surface area (Å²) in [4.78, 5) is 24.1. The molecule has 158 valence electrons. The third-order valence-electron chi connectivity index (χ3n) is 3.79. The van der Waals surface area contributed by atoms with Gasteiger partial charge in [-0.15, -0.1) is 0 Å². The van der Waals surface area contributed by atoms with E-state index in [4.69, 9.17) is 34.8 Å². The van der Waals surface area contributed by atoms with Crippen LogP contribution in [-0.4, -0.2) is 32.1 Å². The summed E-state index contributed by atoms with van der Waals surface area (Å²) < 4.78 is 46.4. The fourth-order valence-corrected chi connectivity index (χ4v) is 3.04. The molecule has 0 aliphatic carbocycles. The van der Waals surface area contributed by atoms with Crippen molar-refractivity contribution < 1.29 is 22.7 Å². The molecular formula is C17H10Cl3F3N4O3. The number of hydrogen-bond acceptors (Lipinski definition) is 5. The van der Waals surface area contributed by atoms with E-state index in [0.29, 0.717) is 0 Å². The standard InChI is InChI=1S/C17H10Cl3F3N4O3/c1-2-30-16(29)11-13(17(21,22)23)25-26(14(11)20)8-3-5-9(6-4-8)27-15(28)12(19)10(18)7-24-27/h3-7H,2H2,1H3. The lowest BCUT2D eigenvalue weighted by molar-refractivity contribution is -0.141. The minimum Gasteiger partial charge on any atom is -0.462 e. The molecule has 0 bridgehead atoms. The second-order valence-corrected chi connectivity index (χ2v) is 6.83. The van der Waals surface area contributed by atoms with Gasteiger partial charge in [-0.3, -0.25) is 4.79 Å². The van der Waals surface area contributed by atoms with Crippen LogP contribution < -0.4 is 5.56 Å². The Labute approximate surface area is 181 Å². The lowest BCUT2D eigenvalue weighted by Gasteiger charge is -2.08. The van der Waals surface area contributed by atoms with Crippen molar-refractivity contribution in [3.63, 3.8) is 0 Å². The first kappa shape index (κ1) is 22.1. The van der Waals surface area contributed by atoms with E-state index in [1.807, 2.05) is 0 Å². The summed E-state index contributed by atoms with van der Waals surface area (Å²) in [5.41, 5.74) is -2.70. The Morgan fingerprint density at radius 3 is 2.20 bits per heavy atom. The van der Waals surface area contributed by atoms with Crippen LogP contribution in [0.4, 0.5) is 13.2 Å². The van der Waals surface area contributed by atoms with Gasteiger partial charge in [-0.1, -0.05) is 34.8 Å². The molecule has 13 heteroatoms. The van der Waals surface area contributed by atoms with Crippen molar-refractivity contribution in [2.45, 2.75) is 13.1 Å². The van der Waals surface area contributed by atoms with Crippen molar-refractivity contribution in [2.24, 2.45) is 0 Å². The molecule has 0 N–H and O–H groups in total. The first-order valence-corrected chi connectivity index (χ1v) is 9.26. The van der Waals surface area contributed by atoms with Crippen LogP contribution >= 0.6 is 34.8 Å². The van der Waals surface area contributed by atoms with E-state index in [-0.39, 0.29) is 28.0 Å². The van der Waals surface area contributed by atoms with Gasteiger partial charge in [0.15, 0.2) is 5.69 Å². The van der Waals surface area contributed by atoms with Gasteiger partial charge in [0.1, 0.15) is 15.7 Å². The zero-order valence-electron chi connectivity index (χ0n) is 14.9. The number of halogens is 6. The van der Waals surface area contributed by atoms with E-state index >= 15 is 0 Å². The molecule has 0 radical (unpaired) electrons. The highest BCUT2D eigenvalue weighted by Gasteiger charge is 2.42. The van der Waals surface area contributed by atoms with Gasteiger partial charge in [-0.25, -0.2) is 9.48 Å². The molecule has 1 aromatic carbocycles. The number of carbonyl (C=O) groups is 1. The predicted molar refractivity (Wildman–Crippen MR) is 103 cm³/mol. The Kier molecular flexibility index (Phi) is 6.11. The normalized spacial score (nSPS) is 11.6. The molecular weight excluding hydrogens is 472 g/mol. The second kappa shape index (κ2) is 8.29. The summed E-state index contributed by atoms with van der Waals surface area (Å²) in [5.74, 6) is -1.25. The molecule has 0 amide bonds. The van der Waals surface area contributed by atoms with Gasteiger partial charge in [0.05, 0.1) is 29.2 Å². The third kappa shape index (κ3) is 4.03. The number of benzene rings is 1. The maximum absolute atomic E-state index is 13.3. The zero-order valence-corrected chi connectivity index (χ0v) is 17.1. The maximum atomic E-state index is 13.3. The summed E-state index contributed by atoms with van der Waals surface area (Å²) in [5, 5.41) is 6.46. The smallest absolute Gasteiger partial charge is 0.436 e. The lowest BCUT2D eigenvalue weighted by atomic mass is 10.2. The van der Waals surface area contributed by atoms with Crippen molar-refractivity contribution in [1.29, 1.82) is 0 Å². The van der Waals surface area contributed by atoms with Crippen LogP contribution in [0.1, 0.15) is 23.0 Å². The van der Waals surface area contributed by atoms with E-state index < -0.39 is 34.1 Å². The molecule has 0 fully saturated rings. The quantitative estimate of drug-likeness (QED) is 0.510. The average molecular weight is 482 g/mol. The van der Waals surface area contributed by atoms with E-state index in [1.165, 1.54) is 37.4 Å². The number of ether oxygens (including phenoxy) is 1. The van der Waals surface area contributed by atoms with Gasteiger partial charge in [0.2, 0.25) is 0 Å². The summed E-state index contributed by atoms with van der Waals surface area (Å²) >= 11 is 17.6. The first-order chi connectivity index (χ1) is 14.1. The summed E-state index contributed by atoms with van der Waals surface area (Å²) in [7, 11) is 0. The lowest BCUT2D eigenvalue weighted by Crippen LogP contribution is -2.21. The molecule has 0 saturated carbocycles. The Hall–Kier alpha value is -2.56. The molecule has 2 heterocycles. The van der Waals surface area contributed by atoms with Crippen LogP contribution in [0.5, 0.6) is 0 Å². The van der Waals surface area contributed by atoms with E-state index in [0.717, 1.165) is 9.36 Å². The molecule has 3 rings (SSSR count). The highest BCUT2D eigenvalue weighted by atomic mass is 35.5. The first-order valence-electron chi connectivity index (χ1n) is 8.13. The van der Waals surface area contributed by atoms with Gasteiger partial charge in [0, 0.05) is 0 Å². The maximum Gasteiger partial charge on any atom is 0.436 e. The number of aromatic nitrogens is 4. The number of rotatable bonds is 4.